The highest BCUT2D eigenvalue weighted by atomic mass is 32.1. The van der Waals surface area contributed by atoms with Crippen molar-refractivity contribution in [2.75, 3.05) is 14.2 Å². The summed E-state index contributed by atoms with van der Waals surface area (Å²) in [5.41, 5.74) is 3.17. The van der Waals surface area contributed by atoms with E-state index in [1.54, 1.807) is 25.6 Å². The van der Waals surface area contributed by atoms with Crippen molar-refractivity contribution in [1.82, 2.24) is 5.32 Å². The topological polar surface area (TPSA) is 67.8 Å². The van der Waals surface area contributed by atoms with Crippen molar-refractivity contribution in [3.8, 4) is 21.9 Å². The van der Waals surface area contributed by atoms with Gasteiger partial charge in [-0.2, -0.15) is 0 Å². The molecular weight excluding hydrogens is 442 g/mol. The minimum atomic E-state index is -0.832. The van der Waals surface area contributed by atoms with E-state index in [1.165, 1.54) is 0 Å². The number of nitrogens with one attached hydrogen (secondary N) is 1. The van der Waals surface area contributed by atoms with Gasteiger partial charge in [-0.3, -0.25) is 10.1 Å². The maximum atomic E-state index is 11.2. The van der Waals surface area contributed by atoms with Crippen molar-refractivity contribution in [2.45, 2.75) is 30.8 Å². The third kappa shape index (κ3) is 6.16. The number of benzene rings is 2. The highest BCUT2D eigenvalue weighted by Crippen LogP contribution is 2.34. The van der Waals surface area contributed by atoms with E-state index in [2.05, 4.69) is 42.2 Å². The zero-order valence-corrected chi connectivity index (χ0v) is 20.0. The predicted octanol–water partition coefficient (Wildman–Crippen LogP) is 5.84. The Morgan fingerprint density at radius 2 is 1.69 bits per heavy atom. The molecule has 0 bridgehead atoms. The Morgan fingerprint density at radius 1 is 1.06 bits per heavy atom. The van der Waals surface area contributed by atoms with Crippen molar-refractivity contribution in [3.05, 3.63) is 64.5 Å². The molecule has 2 aromatic carbocycles. The molecule has 1 atom stereocenters. The molecular formula is C25H27NO4S2. The predicted molar refractivity (Wildman–Crippen MR) is 134 cm³/mol. The fourth-order valence-electron chi connectivity index (χ4n) is 3.19. The Bertz CT molecular complexity index is 1070. The van der Waals surface area contributed by atoms with Gasteiger partial charge >= 0.3 is 5.97 Å². The highest BCUT2D eigenvalue weighted by molar-refractivity contribution is 7.80. The van der Waals surface area contributed by atoms with Crippen LogP contribution in [0, 0.1) is 0 Å². The molecule has 3 rings (SSSR count). The van der Waals surface area contributed by atoms with Crippen LogP contribution in [0.2, 0.25) is 0 Å². The SMILES string of the molecule is CCC(NCc1sc(-c2ccc(/C=C/c3cc(OC)cc(OC)c3)cc2)cc1S)C(=O)O. The Morgan fingerprint density at radius 3 is 2.25 bits per heavy atom. The van der Waals surface area contributed by atoms with Crippen LogP contribution in [-0.2, 0) is 11.3 Å². The number of aliphatic carboxylic acids is 1. The van der Waals surface area contributed by atoms with E-state index in [0.717, 1.165) is 42.8 Å². The van der Waals surface area contributed by atoms with Crippen LogP contribution in [-0.4, -0.2) is 31.3 Å². The first kappa shape index (κ1) is 23.9. The largest absolute Gasteiger partial charge is 0.497 e. The first-order valence-electron chi connectivity index (χ1n) is 10.2. The maximum absolute atomic E-state index is 11.2. The van der Waals surface area contributed by atoms with E-state index in [4.69, 9.17) is 9.47 Å². The molecule has 0 saturated carbocycles. The second-order valence-electron chi connectivity index (χ2n) is 7.20. The van der Waals surface area contributed by atoms with Gasteiger partial charge in [-0.1, -0.05) is 43.3 Å². The van der Waals surface area contributed by atoms with Crippen molar-refractivity contribution in [2.24, 2.45) is 0 Å². The van der Waals surface area contributed by atoms with Crippen LogP contribution in [0.15, 0.2) is 53.4 Å². The number of ether oxygens (including phenoxy) is 2. The smallest absolute Gasteiger partial charge is 0.320 e. The molecule has 0 aliphatic rings. The maximum Gasteiger partial charge on any atom is 0.320 e. The van der Waals surface area contributed by atoms with E-state index in [-0.39, 0.29) is 0 Å². The van der Waals surface area contributed by atoms with Gasteiger partial charge in [0.05, 0.1) is 14.2 Å². The summed E-state index contributed by atoms with van der Waals surface area (Å²) in [7, 11) is 3.27. The molecule has 0 aliphatic carbocycles. The van der Waals surface area contributed by atoms with Crippen LogP contribution in [0.5, 0.6) is 11.5 Å². The lowest BCUT2D eigenvalue weighted by Crippen LogP contribution is -2.35. The minimum Gasteiger partial charge on any atom is -0.497 e. The van der Waals surface area contributed by atoms with Crippen molar-refractivity contribution < 1.29 is 19.4 Å². The fraction of sp³-hybridized carbons (Fsp3) is 0.240. The van der Waals surface area contributed by atoms with Crippen molar-refractivity contribution in [1.29, 1.82) is 0 Å². The number of carboxylic acid groups (broad SMARTS) is 1. The summed E-state index contributed by atoms with van der Waals surface area (Å²) in [6, 6.07) is 15.5. The molecule has 3 aromatic rings. The number of hydrogen-bond acceptors (Lipinski definition) is 6. The molecule has 0 aliphatic heterocycles. The van der Waals surface area contributed by atoms with Crippen LogP contribution in [0.4, 0.5) is 0 Å². The number of carboxylic acids is 1. The highest BCUT2D eigenvalue weighted by Gasteiger charge is 2.15. The second-order valence-corrected chi connectivity index (χ2v) is 8.82. The summed E-state index contributed by atoms with van der Waals surface area (Å²) in [6.07, 6.45) is 4.60. The molecule has 1 aromatic heterocycles. The zero-order chi connectivity index (χ0) is 23.1. The fourth-order valence-corrected chi connectivity index (χ4v) is 4.63. The van der Waals surface area contributed by atoms with Gasteiger partial charge in [-0.15, -0.1) is 24.0 Å². The third-order valence-corrected chi connectivity index (χ3v) is 6.77. The lowest BCUT2D eigenvalue weighted by Gasteiger charge is -2.11. The monoisotopic (exact) mass is 469 g/mol. The van der Waals surface area contributed by atoms with Gasteiger partial charge in [0.2, 0.25) is 0 Å². The Labute approximate surface area is 198 Å². The number of hydrogen-bond donors (Lipinski definition) is 3. The normalized spacial score (nSPS) is 12.1. The third-order valence-electron chi connectivity index (χ3n) is 5.04. The first-order valence-corrected chi connectivity index (χ1v) is 11.5. The number of thiophene rings is 1. The van der Waals surface area contributed by atoms with Crippen molar-refractivity contribution >= 4 is 42.1 Å². The van der Waals surface area contributed by atoms with Crippen LogP contribution in [0.1, 0.15) is 29.3 Å². The molecule has 0 fully saturated rings. The minimum absolute atomic E-state index is 0.485. The van der Waals surface area contributed by atoms with Gasteiger partial charge in [-0.25, -0.2) is 0 Å². The summed E-state index contributed by atoms with van der Waals surface area (Å²) in [5, 5.41) is 12.3. The van der Waals surface area contributed by atoms with E-state index in [9.17, 15) is 9.90 Å². The van der Waals surface area contributed by atoms with Gasteiger partial charge in [0.1, 0.15) is 17.5 Å². The van der Waals surface area contributed by atoms with Gasteiger partial charge in [0.15, 0.2) is 0 Å². The van der Waals surface area contributed by atoms with Gasteiger partial charge < -0.3 is 14.6 Å². The number of thiol groups is 1. The molecule has 0 spiro atoms. The molecule has 5 nitrogen and oxygen atoms in total. The summed E-state index contributed by atoms with van der Waals surface area (Å²) >= 11 is 6.19. The summed E-state index contributed by atoms with van der Waals surface area (Å²) in [5.74, 6) is 0.665. The summed E-state index contributed by atoms with van der Waals surface area (Å²) in [6.45, 7) is 2.34. The molecule has 0 amide bonds. The van der Waals surface area contributed by atoms with E-state index < -0.39 is 12.0 Å². The Hall–Kier alpha value is -2.74. The zero-order valence-electron chi connectivity index (χ0n) is 18.3. The average Bonchev–Trinajstić information content (AvgIpc) is 3.18. The average molecular weight is 470 g/mol. The summed E-state index contributed by atoms with van der Waals surface area (Å²) < 4.78 is 10.6. The number of rotatable bonds is 10. The van der Waals surface area contributed by atoms with Crippen molar-refractivity contribution in [3.63, 3.8) is 0 Å². The molecule has 0 radical (unpaired) electrons. The number of methoxy groups -OCH3 is 2. The van der Waals surface area contributed by atoms with Gasteiger partial charge in [0, 0.05) is 27.3 Å². The van der Waals surface area contributed by atoms with E-state index in [0.29, 0.717) is 13.0 Å². The molecule has 7 heteroatoms. The molecule has 1 heterocycles. The van der Waals surface area contributed by atoms with E-state index in [1.807, 2.05) is 43.3 Å². The standard InChI is InChI=1S/C25H27NO4S2/c1-4-21(25(27)28)26-15-24-22(31)14-23(32-24)18-9-7-16(8-10-18)5-6-17-11-19(29-2)13-20(12-17)30-3/h5-14,21,26,31H,4,15H2,1-3H3,(H,27,28)/b6-5+. The Balaban J connectivity index is 1.71. The van der Waals surface area contributed by atoms with Gasteiger partial charge in [-0.05, 0) is 41.3 Å². The number of carbonyl (C=O) groups is 1. The van der Waals surface area contributed by atoms with Crippen LogP contribution >= 0.6 is 24.0 Å². The molecule has 0 saturated heterocycles. The second kappa shape index (κ2) is 11.2. The van der Waals surface area contributed by atoms with Gasteiger partial charge in [0.25, 0.3) is 0 Å². The van der Waals surface area contributed by atoms with E-state index >= 15 is 0 Å². The molecule has 32 heavy (non-hydrogen) atoms. The lowest BCUT2D eigenvalue weighted by molar-refractivity contribution is -0.139. The molecule has 168 valence electrons. The molecule has 1 unspecified atom stereocenters. The molecule has 2 N–H and O–H groups in total. The first-order chi connectivity index (χ1) is 15.4. The lowest BCUT2D eigenvalue weighted by atomic mass is 10.1. The van der Waals surface area contributed by atoms with Crippen LogP contribution < -0.4 is 14.8 Å². The quantitative estimate of drug-likeness (QED) is 0.257. The van der Waals surface area contributed by atoms with Crippen LogP contribution in [0.3, 0.4) is 0 Å². The Kier molecular flexibility index (Phi) is 8.39. The summed E-state index contributed by atoms with van der Waals surface area (Å²) in [4.78, 5) is 14.2. The van der Waals surface area contributed by atoms with Crippen LogP contribution in [0.25, 0.3) is 22.6 Å².